The quantitative estimate of drug-likeness (QED) is 0.797. The first-order chi connectivity index (χ1) is 9.47. The summed E-state index contributed by atoms with van der Waals surface area (Å²) in [4.78, 5) is 22.6. The summed E-state index contributed by atoms with van der Waals surface area (Å²) in [6.45, 7) is 2.26. The Balaban J connectivity index is 2.62. The number of nitrogens with one attached hydrogen (secondary N) is 1. The number of rotatable bonds is 7. The van der Waals surface area contributed by atoms with E-state index in [1.165, 1.54) is 0 Å². The fourth-order valence-corrected chi connectivity index (χ4v) is 2.30. The molecule has 1 atom stereocenters. The van der Waals surface area contributed by atoms with Crippen LogP contribution in [-0.4, -0.2) is 30.6 Å². The highest BCUT2D eigenvalue weighted by Gasteiger charge is 2.14. The van der Waals surface area contributed by atoms with E-state index in [4.69, 9.17) is 9.84 Å². The Labute approximate surface area is 126 Å². The lowest BCUT2D eigenvalue weighted by Gasteiger charge is -2.13. The van der Waals surface area contributed by atoms with Gasteiger partial charge in [0.2, 0.25) is 0 Å². The predicted molar refractivity (Wildman–Crippen MR) is 79.1 cm³/mol. The first-order valence-corrected chi connectivity index (χ1v) is 7.10. The van der Waals surface area contributed by atoms with Crippen LogP contribution in [0.2, 0.25) is 0 Å². The van der Waals surface area contributed by atoms with Crippen molar-refractivity contribution in [1.29, 1.82) is 0 Å². The Morgan fingerprint density at radius 3 is 2.65 bits per heavy atom. The molecule has 1 aromatic rings. The van der Waals surface area contributed by atoms with Crippen LogP contribution >= 0.6 is 15.9 Å². The molecule has 2 N–H and O–H groups in total. The fourth-order valence-electron chi connectivity index (χ4n) is 1.75. The Morgan fingerprint density at radius 2 is 2.15 bits per heavy atom. The van der Waals surface area contributed by atoms with E-state index < -0.39 is 5.97 Å². The van der Waals surface area contributed by atoms with Crippen LogP contribution in [0.3, 0.4) is 0 Å². The van der Waals surface area contributed by atoms with Crippen LogP contribution in [0.15, 0.2) is 22.7 Å². The number of methoxy groups -OCH3 is 1. The number of hydrogen-bond acceptors (Lipinski definition) is 3. The van der Waals surface area contributed by atoms with E-state index in [1.807, 2.05) is 6.92 Å². The highest BCUT2D eigenvalue weighted by Crippen LogP contribution is 2.25. The average Bonchev–Trinajstić information content (AvgIpc) is 2.42. The van der Waals surface area contributed by atoms with Crippen molar-refractivity contribution in [3.8, 4) is 5.75 Å². The summed E-state index contributed by atoms with van der Waals surface area (Å²) in [6.07, 6.45) is 0.766. The molecule has 0 saturated heterocycles. The molecule has 110 valence electrons. The average molecular weight is 344 g/mol. The summed E-state index contributed by atoms with van der Waals surface area (Å²) in [5.41, 5.74) is 0.503. The molecule has 0 radical (unpaired) electrons. The van der Waals surface area contributed by atoms with Crippen LogP contribution in [0, 0.1) is 5.92 Å². The largest absolute Gasteiger partial charge is 0.496 e. The number of hydrogen-bond donors (Lipinski definition) is 2. The Hall–Kier alpha value is -1.56. The second-order valence-electron chi connectivity index (χ2n) is 4.43. The second kappa shape index (κ2) is 7.89. The molecule has 0 aromatic heterocycles. The van der Waals surface area contributed by atoms with Gasteiger partial charge in [0.1, 0.15) is 5.75 Å². The minimum Gasteiger partial charge on any atom is -0.496 e. The number of carboxylic acid groups (broad SMARTS) is 1. The van der Waals surface area contributed by atoms with E-state index in [1.54, 1.807) is 25.3 Å². The maximum absolute atomic E-state index is 12.0. The van der Waals surface area contributed by atoms with E-state index in [0.29, 0.717) is 28.8 Å². The highest BCUT2D eigenvalue weighted by molar-refractivity contribution is 9.10. The zero-order valence-electron chi connectivity index (χ0n) is 11.5. The standard InChI is InChI=1S/C14H18BrNO4/c1-3-9(6-13(17)18)8-16-14(19)10-4-5-12(20-2)11(15)7-10/h4-5,7,9H,3,6,8H2,1-2H3,(H,16,19)(H,17,18). The number of amides is 1. The summed E-state index contributed by atoms with van der Waals surface area (Å²) in [6, 6.07) is 5.04. The predicted octanol–water partition coefficient (Wildman–Crippen LogP) is 2.69. The molecule has 0 spiro atoms. The smallest absolute Gasteiger partial charge is 0.303 e. The molecular formula is C14H18BrNO4. The van der Waals surface area contributed by atoms with Crippen molar-refractivity contribution in [3.05, 3.63) is 28.2 Å². The second-order valence-corrected chi connectivity index (χ2v) is 5.29. The van der Waals surface area contributed by atoms with Crippen LogP contribution in [0.4, 0.5) is 0 Å². The number of carbonyl (C=O) groups excluding carboxylic acids is 1. The number of halogens is 1. The lowest BCUT2D eigenvalue weighted by atomic mass is 10.0. The number of ether oxygens (including phenoxy) is 1. The zero-order valence-corrected chi connectivity index (χ0v) is 13.1. The molecule has 1 unspecified atom stereocenters. The van der Waals surface area contributed by atoms with E-state index in [2.05, 4.69) is 21.2 Å². The molecule has 6 heteroatoms. The first kappa shape index (κ1) is 16.5. The SMILES string of the molecule is CCC(CNC(=O)c1ccc(OC)c(Br)c1)CC(=O)O. The van der Waals surface area contributed by atoms with E-state index >= 15 is 0 Å². The summed E-state index contributed by atoms with van der Waals surface area (Å²) in [5, 5.41) is 11.5. The van der Waals surface area contributed by atoms with Crippen LogP contribution in [0.5, 0.6) is 5.75 Å². The van der Waals surface area contributed by atoms with Crippen molar-refractivity contribution in [2.24, 2.45) is 5.92 Å². The summed E-state index contributed by atoms with van der Waals surface area (Å²) >= 11 is 3.32. The molecule has 0 saturated carbocycles. The number of benzene rings is 1. The van der Waals surface area contributed by atoms with Gasteiger partial charge in [0.25, 0.3) is 5.91 Å². The molecule has 0 aliphatic rings. The highest BCUT2D eigenvalue weighted by atomic mass is 79.9. The first-order valence-electron chi connectivity index (χ1n) is 6.31. The van der Waals surface area contributed by atoms with Gasteiger partial charge in [-0.1, -0.05) is 13.3 Å². The van der Waals surface area contributed by atoms with E-state index in [-0.39, 0.29) is 18.2 Å². The molecule has 0 bridgehead atoms. The van der Waals surface area contributed by atoms with Crippen LogP contribution in [-0.2, 0) is 4.79 Å². The molecule has 20 heavy (non-hydrogen) atoms. The van der Waals surface area contributed by atoms with Gasteiger partial charge in [-0.3, -0.25) is 9.59 Å². The van der Waals surface area contributed by atoms with Crippen LogP contribution < -0.4 is 10.1 Å². The Morgan fingerprint density at radius 1 is 1.45 bits per heavy atom. The molecule has 1 rings (SSSR count). The molecule has 0 fully saturated rings. The van der Waals surface area contributed by atoms with Gasteiger partial charge in [0.15, 0.2) is 0 Å². The molecule has 5 nitrogen and oxygen atoms in total. The van der Waals surface area contributed by atoms with Gasteiger partial charge in [0, 0.05) is 18.5 Å². The summed E-state index contributed by atoms with van der Waals surface area (Å²) in [7, 11) is 1.55. The van der Waals surface area contributed by atoms with Gasteiger partial charge in [0.05, 0.1) is 11.6 Å². The van der Waals surface area contributed by atoms with Crippen LogP contribution in [0.1, 0.15) is 30.1 Å². The minimum absolute atomic E-state index is 0.0573. The van der Waals surface area contributed by atoms with Crippen molar-refractivity contribution in [3.63, 3.8) is 0 Å². The Kier molecular flexibility index (Phi) is 6.51. The van der Waals surface area contributed by atoms with E-state index in [0.717, 1.165) is 0 Å². The van der Waals surface area contributed by atoms with Crippen molar-refractivity contribution >= 4 is 27.8 Å². The summed E-state index contributed by atoms with van der Waals surface area (Å²) < 4.78 is 5.79. The number of carboxylic acids is 1. The number of carbonyl (C=O) groups is 2. The third kappa shape index (κ3) is 4.85. The van der Waals surface area contributed by atoms with Gasteiger partial charge in [-0.2, -0.15) is 0 Å². The van der Waals surface area contributed by atoms with Gasteiger partial charge >= 0.3 is 5.97 Å². The summed E-state index contributed by atoms with van der Waals surface area (Å²) in [5.74, 6) is -0.479. The topological polar surface area (TPSA) is 75.6 Å². The van der Waals surface area contributed by atoms with Gasteiger partial charge in [-0.05, 0) is 40.0 Å². The van der Waals surface area contributed by atoms with Crippen LogP contribution in [0.25, 0.3) is 0 Å². The van der Waals surface area contributed by atoms with Crippen molar-refractivity contribution in [2.45, 2.75) is 19.8 Å². The Bertz CT molecular complexity index is 490. The minimum atomic E-state index is -0.849. The third-order valence-corrected chi connectivity index (χ3v) is 3.63. The monoisotopic (exact) mass is 343 g/mol. The molecular weight excluding hydrogens is 326 g/mol. The molecule has 1 amide bonds. The van der Waals surface area contributed by atoms with E-state index in [9.17, 15) is 9.59 Å². The number of aliphatic carboxylic acids is 1. The van der Waals surface area contributed by atoms with Gasteiger partial charge in [-0.15, -0.1) is 0 Å². The zero-order chi connectivity index (χ0) is 15.1. The van der Waals surface area contributed by atoms with Crippen molar-refractivity contribution < 1.29 is 19.4 Å². The normalized spacial score (nSPS) is 11.8. The lowest BCUT2D eigenvalue weighted by molar-refractivity contribution is -0.138. The molecule has 1 aromatic carbocycles. The van der Waals surface area contributed by atoms with Gasteiger partial charge < -0.3 is 15.2 Å². The maximum atomic E-state index is 12.0. The molecule has 0 aliphatic heterocycles. The maximum Gasteiger partial charge on any atom is 0.303 e. The molecule has 0 heterocycles. The van der Waals surface area contributed by atoms with Crippen molar-refractivity contribution in [2.75, 3.05) is 13.7 Å². The fraction of sp³-hybridized carbons (Fsp3) is 0.429. The lowest BCUT2D eigenvalue weighted by Crippen LogP contribution is -2.30. The van der Waals surface area contributed by atoms with Crippen molar-refractivity contribution in [1.82, 2.24) is 5.32 Å². The van der Waals surface area contributed by atoms with Gasteiger partial charge in [-0.25, -0.2) is 0 Å². The third-order valence-electron chi connectivity index (χ3n) is 3.01. The molecule has 0 aliphatic carbocycles.